The Morgan fingerprint density at radius 2 is 1.71 bits per heavy atom. The van der Waals surface area contributed by atoms with Crippen molar-refractivity contribution in [3.63, 3.8) is 0 Å². The molecule has 10 heteroatoms. The van der Waals surface area contributed by atoms with E-state index in [-0.39, 0.29) is 22.7 Å². The van der Waals surface area contributed by atoms with Gasteiger partial charge in [0.05, 0.1) is 27.0 Å². The lowest BCUT2D eigenvalue weighted by Gasteiger charge is -2.16. The minimum Gasteiger partial charge on any atom is -0.478 e. The van der Waals surface area contributed by atoms with Crippen molar-refractivity contribution in [3.05, 3.63) is 93.5 Å². The summed E-state index contributed by atoms with van der Waals surface area (Å²) in [6.45, 7) is 3.61. The Bertz CT molecular complexity index is 1290. The number of nitrogens with one attached hydrogen (secondary N) is 2. The predicted octanol–water partition coefficient (Wildman–Crippen LogP) is 5.36. The molecule has 9 nitrogen and oxygen atoms in total. The van der Waals surface area contributed by atoms with Gasteiger partial charge in [0.1, 0.15) is 0 Å². The highest BCUT2D eigenvalue weighted by Crippen LogP contribution is 2.30. The lowest BCUT2D eigenvalue weighted by Crippen LogP contribution is -2.25. The number of aromatic carboxylic acids is 1. The molecular weight excluding hydrogens is 470 g/mol. The minimum atomic E-state index is -1.20. The monoisotopic (exact) mass is 493 g/mol. The molecule has 0 bridgehead atoms. The largest absolute Gasteiger partial charge is 0.478 e. The number of rotatable bonds is 9. The molecule has 0 heterocycles. The van der Waals surface area contributed by atoms with Crippen LogP contribution in [0, 0.1) is 17.0 Å². The van der Waals surface area contributed by atoms with Gasteiger partial charge in [0, 0.05) is 22.7 Å². The van der Waals surface area contributed by atoms with E-state index in [0.29, 0.717) is 28.3 Å². The van der Waals surface area contributed by atoms with Crippen molar-refractivity contribution >= 4 is 46.6 Å². The molecule has 3 N–H and O–H groups in total. The first kappa shape index (κ1) is 25.4. The number of thioether (sulfide) groups is 1. The third-order valence-electron chi connectivity index (χ3n) is 5.13. The second-order valence-corrected chi connectivity index (χ2v) is 8.87. The first-order valence-corrected chi connectivity index (χ1v) is 11.5. The van der Waals surface area contributed by atoms with E-state index in [1.165, 1.54) is 36.0 Å². The van der Waals surface area contributed by atoms with E-state index < -0.39 is 22.0 Å². The topological polar surface area (TPSA) is 139 Å². The minimum absolute atomic E-state index is 0.0381. The van der Waals surface area contributed by atoms with E-state index in [2.05, 4.69) is 10.6 Å². The zero-order chi connectivity index (χ0) is 25.5. The molecule has 35 heavy (non-hydrogen) atoms. The zero-order valence-corrected chi connectivity index (χ0v) is 19.8. The fraction of sp³-hybridized carbons (Fsp3) is 0.160. The molecule has 0 aliphatic heterocycles. The highest BCUT2D eigenvalue weighted by atomic mass is 32.2. The first-order valence-electron chi connectivity index (χ1n) is 10.7. The van der Waals surface area contributed by atoms with Crippen LogP contribution < -0.4 is 10.6 Å². The quantitative estimate of drug-likeness (QED) is 0.207. The van der Waals surface area contributed by atoms with E-state index in [4.69, 9.17) is 0 Å². The van der Waals surface area contributed by atoms with Crippen LogP contribution in [0.1, 0.15) is 39.6 Å². The van der Waals surface area contributed by atoms with E-state index in [1.807, 2.05) is 6.92 Å². The molecule has 0 saturated heterocycles. The van der Waals surface area contributed by atoms with Crippen LogP contribution in [0.5, 0.6) is 0 Å². The standard InChI is InChI=1S/C25H23N3O6S/c1-3-22(24(30)27-21-14-17(28(33)34)12-11-15(21)2)35-18-8-6-7-16(13-18)26-23(29)19-9-4-5-10-20(19)25(31)32/h4-14,22H,3H2,1-2H3,(H,26,29)(H,27,30)(H,31,32). The van der Waals surface area contributed by atoms with E-state index in [1.54, 1.807) is 49.4 Å². The van der Waals surface area contributed by atoms with Crippen LogP contribution in [0.25, 0.3) is 0 Å². The van der Waals surface area contributed by atoms with Crippen molar-refractivity contribution in [1.82, 2.24) is 0 Å². The zero-order valence-electron chi connectivity index (χ0n) is 19.0. The van der Waals surface area contributed by atoms with Crippen LogP contribution in [-0.4, -0.2) is 33.1 Å². The van der Waals surface area contributed by atoms with Crippen LogP contribution in [0.2, 0.25) is 0 Å². The third-order valence-corrected chi connectivity index (χ3v) is 6.48. The summed E-state index contributed by atoms with van der Waals surface area (Å²) < 4.78 is 0. The summed E-state index contributed by atoms with van der Waals surface area (Å²) in [5, 5.41) is 25.4. The second kappa shape index (κ2) is 11.3. The normalized spacial score (nSPS) is 11.4. The molecule has 0 fully saturated rings. The van der Waals surface area contributed by atoms with Gasteiger partial charge in [0.15, 0.2) is 0 Å². The fourth-order valence-electron chi connectivity index (χ4n) is 3.27. The first-order chi connectivity index (χ1) is 16.7. The van der Waals surface area contributed by atoms with E-state index in [9.17, 15) is 29.6 Å². The number of carboxylic acids is 1. The molecule has 0 aliphatic carbocycles. The number of aryl methyl sites for hydroxylation is 1. The Labute approximate surface area is 205 Å². The van der Waals surface area contributed by atoms with Crippen molar-refractivity contribution < 1.29 is 24.4 Å². The van der Waals surface area contributed by atoms with Gasteiger partial charge in [-0.05, 0) is 49.2 Å². The molecule has 3 rings (SSSR count). The number of carbonyl (C=O) groups is 3. The van der Waals surface area contributed by atoms with Gasteiger partial charge in [-0.15, -0.1) is 11.8 Å². The molecule has 0 aromatic heterocycles. The number of carbonyl (C=O) groups excluding carboxylic acids is 2. The molecule has 1 unspecified atom stereocenters. The Kier molecular flexibility index (Phi) is 8.21. The van der Waals surface area contributed by atoms with Gasteiger partial charge in [-0.2, -0.15) is 0 Å². The maximum atomic E-state index is 12.9. The number of non-ortho nitro benzene ring substituents is 1. The number of hydrogen-bond donors (Lipinski definition) is 3. The number of benzene rings is 3. The highest BCUT2D eigenvalue weighted by molar-refractivity contribution is 8.00. The molecule has 3 aromatic carbocycles. The van der Waals surface area contributed by atoms with Crippen molar-refractivity contribution in [2.45, 2.75) is 30.4 Å². The maximum absolute atomic E-state index is 12.9. The Morgan fingerprint density at radius 1 is 1.00 bits per heavy atom. The number of nitro benzene ring substituents is 1. The smallest absolute Gasteiger partial charge is 0.336 e. The molecule has 0 radical (unpaired) electrons. The van der Waals surface area contributed by atoms with Gasteiger partial charge in [-0.25, -0.2) is 4.79 Å². The number of nitro groups is 1. The van der Waals surface area contributed by atoms with Crippen LogP contribution in [0.3, 0.4) is 0 Å². The molecule has 0 saturated carbocycles. The van der Waals surface area contributed by atoms with E-state index >= 15 is 0 Å². The second-order valence-electron chi connectivity index (χ2n) is 7.59. The van der Waals surface area contributed by atoms with Crippen LogP contribution in [0.15, 0.2) is 71.6 Å². The Balaban J connectivity index is 1.73. The fourth-order valence-corrected chi connectivity index (χ4v) is 4.28. The summed E-state index contributed by atoms with van der Waals surface area (Å²) in [6, 6.07) is 17.1. The van der Waals surface area contributed by atoms with Crippen LogP contribution in [-0.2, 0) is 4.79 Å². The van der Waals surface area contributed by atoms with Gasteiger partial charge >= 0.3 is 5.97 Å². The average molecular weight is 494 g/mol. The van der Waals surface area contributed by atoms with Gasteiger partial charge < -0.3 is 15.7 Å². The number of nitrogens with zero attached hydrogens (tertiary/aromatic N) is 1. The molecule has 0 spiro atoms. The van der Waals surface area contributed by atoms with Crippen molar-refractivity contribution in [2.24, 2.45) is 0 Å². The van der Waals surface area contributed by atoms with Crippen molar-refractivity contribution in [1.29, 1.82) is 0 Å². The molecule has 2 amide bonds. The molecule has 0 aliphatic rings. The Hall–Kier alpha value is -4.18. The number of hydrogen-bond acceptors (Lipinski definition) is 6. The van der Waals surface area contributed by atoms with Gasteiger partial charge in [0.25, 0.3) is 11.6 Å². The molecule has 180 valence electrons. The summed E-state index contributed by atoms with van der Waals surface area (Å²) in [5.41, 5.74) is 1.35. The predicted molar refractivity (Wildman–Crippen MR) is 134 cm³/mol. The Morgan fingerprint density at radius 3 is 2.37 bits per heavy atom. The highest BCUT2D eigenvalue weighted by Gasteiger charge is 2.21. The van der Waals surface area contributed by atoms with E-state index in [0.717, 1.165) is 0 Å². The number of carboxylic acid groups (broad SMARTS) is 1. The summed E-state index contributed by atoms with van der Waals surface area (Å²) in [4.78, 5) is 48.2. The average Bonchev–Trinajstić information content (AvgIpc) is 2.83. The van der Waals surface area contributed by atoms with Crippen LogP contribution >= 0.6 is 11.8 Å². The van der Waals surface area contributed by atoms with Crippen molar-refractivity contribution in [3.8, 4) is 0 Å². The summed E-state index contributed by atoms with van der Waals surface area (Å²) in [7, 11) is 0. The van der Waals surface area contributed by atoms with Gasteiger partial charge in [0.2, 0.25) is 5.91 Å². The number of anilines is 2. The van der Waals surface area contributed by atoms with Crippen molar-refractivity contribution in [2.75, 3.05) is 10.6 Å². The third kappa shape index (κ3) is 6.45. The van der Waals surface area contributed by atoms with Gasteiger partial charge in [-0.1, -0.05) is 31.2 Å². The van der Waals surface area contributed by atoms with Crippen LogP contribution in [0.4, 0.5) is 17.1 Å². The lowest BCUT2D eigenvalue weighted by molar-refractivity contribution is -0.384. The van der Waals surface area contributed by atoms with Gasteiger partial charge in [-0.3, -0.25) is 19.7 Å². The summed E-state index contributed by atoms with van der Waals surface area (Å²) >= 11 is 1.29. The number of amides is 2. The molecule has 3 aromatic rings. The summed E-state index contributed by atoms with van der Waals surface area (Å²) in [6.07, 6.45) is 0.493. The summed E-state index contributed by atoms with van der Waals surface area (Å²) in [5.74, 6) is -2.06. The molecular formula is C25H23N3O6S. The lowest BCUT2D eigenvalue weighted by atomic mass is 10.1. The SMILES string of the molecule is CCC(Sc1cccc(NC(=O)c2ccccc2C(=O)O)c1)C(=O)Nc1cc([N+](=O)[O-])ccc1C. The maximum Gasteiger partial charge on any atom is 0.336 e. The molecule has 1 atom stereocenters.